The molecule has 1 N–H and O–H groups in total. The number of nitrogens with one attached hydrogen (secondary N) is 1. The number of benzene rings is 2. The summed E-state index contributed by atoms with van der Waals surface area (Å²) in [6.07, 6.45) is 0. The van der Waals surface area contributed by atoms with Crippen molar-refractivity contribution in [1.82, 2.24) is 0 Å². The molecule has 19 heavy (non-hydrogen) atoms. The average Bonchev–Trinajstić information content (AvgIpc) is 2.39. The highest BCUT2D eigenvalue weighted by molar-refractivity contribution is 6.31. The van der Waals surface area contributed by atoms with E-state index in [0.29, 0.717) is 5.92 Å². The summed E-state index contributed by atoms with van der Waals surface area (Å²) in [6, 6.07) is 16.7. The van der Waals surface area contributed by atoms with Gasteiger partial charge in [0.2, 0.25) is 0 Å². The molecule has 0 spiro atoms. The molecule has 2 heteroatoms. The van der Waals surface area contributed by atoms with Crippen molar-refractivity contribution in [2.45, 2.75) is 32.7 Å². The van der Waals surface area contributed by atoms with Crippen LogP contribution in [0.5, 0.6) is 0 Å². The number of hydrogen-bond acceptors (Lipinski definition) is 1. The third-order valence-corrected chi connectivity index (χ3v) is 3.65. The summed E-state index contributed by atoms with van der Waals surface area (Å²) >= 11 is 6.23. The molecule has 2 rings (SSSR count). The molecule has 0 amide bonds. The van der Waals surface area contributed by atoms with Crippen LogP contribution in [-0.2, 0) is 0 Å². The van der Waals surface area contributed by atoms with Crippen LogP contribution in [0, 0.1) is 0 Å². The Morgan fingerprint density at radius 2 is 1.68 bits per heavy atom. The van der Waals surface area contributed by atoms with Crippen molar-refractivity contribution in [3.63, 3.8) is 0 Å². The van der Waals surface area contributed by atoms with E-state index in [2.05, 4.69) is 56.4 Å². The molecule has 0 radical (unpaired) electrons. The van der Waals surface area contributed by atoms with Crippen LogP contribution in [0.2, 0.25) is 5.02 Å². The summed E-state index contributed by atoms with van der Waals surface area (Å²) in [5.41, 5.74) is 3.61. The first-order valence-corrected chi connectivity index (χ1v) is 7.06. The fourth-order valence-corrected chi connectivity index (χ4v) is 2.44. The molecular formula is C17H20ClN. The molecule has 0 heterocycles. The summed E-state index contributed by atoms with van der Waals surface area (Å²) in [4.78, 5) is 0. The SMILES string of the molecule is CC(C)c1cccc(NC(C)c2ccccc2Cl)c1. The van der Waals surface area contributed by atoms with Gasteiger partial charge in [-0.15, -0.1) is 0 Å². The van der Waals surface area contributed by atoms with Crippen molar-refractivity contribution >= 4 is 17.3 Å². The molecule has 2 aromatic carbocycles. The van der Waals surface area contributed by atoms with Crippen LogP contribution in [0.25, 0.3) is 0 Å². The smallest absolute Gasteiger partial charge is 0.0500 e. The highest BCUT2D eigenvalue weighted by Gasteiger charge is 2.09. The van der Waals surface area contributed by atoms with Gasteiger partial charge in [0.25, 0.3) is 0 Å². The van der Waals surface area contributed by atoms with Crippen LogP contribution < -0.4 is 5.32 Å². The molecule has 0 saturated carbocycles. The van der Waals surface area contributed by atoms with Gasteiger partial charge in [-0.3, -0.25) is 0 Å². The minimum absolute atomic E-state index is 0.191. The second kappa shape index (κ2) is 6.12. The van der Waals surface area contributed by atoms with Crippen LogP contribution in [0.4, 0.5) is 5.69 Å². The molecule has 1 atom stereocenters. The zero-order valence-electron chi connectivity index (χ0n) is 11.7. The number of halogens is 1. The van der Waals surface area contributed by atoms with Crippen molar-refractivity contribution in [2.75, 3.05) is 5.32 Å². The Balaban J connectivity index is 2.17. The van der Waals surface area contributed by atoms with Crippen LogP contribution in [0.15, 0.2) is 48.5 Å². The van der Waals surface area contributed by atoms with Crippen LogP contribution in [-0.4, -0.2) is 0 Å². The van der Waals surface area contributed by atoms with Gasteiger partial charge in [0.1, 0.15) is 0 Å². The zero-order valence-corrected chi connectivity index (χ0v) is 12.4. The number of hydrogen-bond donors (Lipinski definition) is 1. The first-order chi connectivity index (χ1) is 9.08. The Hall–Kier alpha value is -1.47. The number of rotatable bonds is 4. The van der Waals surface area contributed by atoms with E-state index in [-0.39, 0.29) is 6.04 Å². The van der Waals surface area contributed by atoms with Gasteiger partial charge in [-0.2, -0.15) is 0 Å². The van der Waals surface area contributed by atoms with Gasteiger partial charge in [-0.25, -0.2) is 0 Å². The molecule has 100 valence electrons. The third-order valence-electron chi connectivity index (χ3n) is 3.31. The van der Waals surface area contributed by atoms with Crippen LogP contribution >= 0.6 is 11.6 Å². The van der Waals surface area contributed by atoms with Crippen molar-refractivity contribution in [3.05, 3.63) is 64.7 Å². The molecule has 2 aromatic rings. The maximum Gasteiger partial charge on any atom is 0.0500 e. The Bertz CT molecular complexity index is 548. The van der Waals surface area contributed by atoms with Crippen molar-refractivity contribution < 1.29 is 0 Å². The molecule has 0 aromatic heterocycles. The van der Waals surface area contributed by atoms with Gasteiger partial charge >= 0.3 is 0 Å². The van der Waals surface area contributed by atoms with Crippen molar-refractivity contribution in [3.8, 4) is 0 Å². The fraction of sp³-hybridized carbons (Fsp3) is 0.294. The normalized spacial score (nSPS) is 12.5. The minimum atomic E-state index is 0.191. The molecule has 0 saturated heterocycles. The third kappa shape index (κ3) is 3.51. The summed E-state index contributed by atoms with van der Waals surface area (Å²) in [7, 11) is 0. The second-order valence-electron chi connectivity index (χ2n) is 5.17. The summed E-state index contributed by atoms with van der Waals surface area (Å²) in [5, 5.41) is 4.32. The zero-order chi connectivity index (χ0) is 13.8. The van der Waals surface area contributed by atoms with E-state index >= 15 is 0 Å². The lowest BCUT2D eigenvalue weighted by Crippen LogP contribution is -2.07. The molecule has 1 nitrogen and oxygen atoms in total. The van der Waals surface area contributed by atoms with E-state index < -0.39 is 0 Å². The lowest BCUT2D eigenvalue weighted by Gasteiger charge is -2.18. The lowest BCUT2D eigenvalue weighted by atomic mass is 10.0. The first-order valence-electron chi connectivity index (χ1n) is 6.69. The molecular weight excluding hydrogens is 254 g/mol. The van der Waals surface area contributed by atoms with Gasteiger partial charge in [0, 0.05) is 16.8 Å². The van der Waals surface area contributed by atoms with Crippen molar-refractivity contribution in [2.24, 2.45) is 0 Å². The maximum atomic E-state index is 6.23. The Morgan fingerprint density at radius 1 is 0.947 bits per heavy atom. The predicted octanol–water partition coefficient (Wildman–Crippen LogP) is 5.64. The predicted molar refractivity (Wildman–Crippen MR) is 84.0 cm³/mol. The largest absolute Gasteiger partial charge is 0.378 e. The molecule has 0 fully saturated rings. The van der Waals surface area contributed by atoms with E-state index in [9.17, 15) is 0 Å². The fourth-order valence-electron chi connectivity index (χ4n) is 2.14. The number of anilines is 1. The Labute approximate surface area is 120 Å². The van der Waals surface area contributed by atoms with E-state index in [0.717, 1.165) is 16.3 Å². The second-order valence-corrected chi connectivity index (χ2v) is 5.57. The van der Waals surface area contributed by atoms with Crippen LogP contribution in [0.3, 0.4) is 0 Å². The van der Waals surface area contributed by atoms with Gasteiger partial charge < -0.3 is 5.32 Å². The first kappa shape index (κ1) is 14.0. The molecule has 1 unspecified atom stereocenters. The summed E-state index contributed by atoms with van der Waals surface area (Å²) in [5.74, 6) is 0.539. The minimum Gasteiger partial charge on any atom is -0.378 e. The average molecular weight is 274 g/mol. The molecule has 0 aliphatic carbocycles. The van der Waals surface area contributed by atoms with E-state index in [1.165, 1.54) is 5.56 Å². The van der Waals surface area contributed by atoms with Gasteiger partial charge in [0.15, 0.2) is 0 Å². The lowest BCUT2D eigenvalue weighted by molar-refractivity contribution is 0.858. The van der Waals surface area contributed by atoms with Gasteiger partial charge in [-0.1, -0.05) is 55.8 Å². The molecule has 0 bridgehead atoms. The topological polar surface area (TPSA) is 12.0 Å². The highest BCUT2D eigenvalue weighted by atomic mass is 35.5. The Kier molecular flexibility index (Phi) is 4.49. The standard InChI is InChI=1S/C17H20ClN/c1-12(2)14-7-6-8-15(11-14)19-13(3)16-9-4-5-10-17(16)18/h4-13,19H,1-3H3. The monoisotopic (exact) mass is 273 g/mol. The Morgan fingerprint density at radius 3 is 2.37 bits per heavy atom. The maximum absolute atomic E-state index is 6.23. The van der Waals surface area contributed by atoms with Crippen LogP contribution in [0.1, 0.15) is 43.9 Å². The molecule has 0 aliphatic rings. The van der Waals surface area contributed by atoms with E-state index in [1.807, 2.05) is 18.2 Å². The summed E-state index contributed by atoms with van der Waals surface area (Å²) < 4.78 is 0. The molecule has 0 aliphatic heterocycles. The van der Waals surface area contributed by atoms with Gasteiger partial charge in [-0.05, 0) is 42.2 Å². The highest BCUT2D eigenvalue weighted by Crippen LogP contribution is 2.27. The van der Waals surface area contributed by atoms with Gasteiger partial charge in [0.05, 0.1) is 0 Å². The quantitative estimate of drug-likeness (QED) is 0.760. The van der Waals surface area contributed by atoms with E-state index in [4.69, 9.17) is 11.6 Å². The van der Waals surface area contributed by atoms with E-state index in [1.54, 1.807) is 0 Å². The summed E-state index contributed by atoms with van der Waals surface area (Å²) in [6.45, 7) is 6.54. The van der Waals surface area contributed by atoms with Crippen molar-refractivity contribution in [1.29, 1.82) is 0 Å².